The van der Waals surface area contributed by atoms with E-state index in [2.05, 4.69) is 6.92 Å². The molecule has 1 atom stereocenters. The van der Waals surface area contributed by atoms with Gasteiger partial charge in [0.15, 0.2) is 0 Å². The Morgan fingerprint density at radius 1 is 0.964 bits per heavy atom. The number of hydrogen-bond donors (Lipinski definition) is 1. The van der Waals surface area contributed by atoms with Crippen LogP contribution in [-0.4, -0.2) is 28.2 Å². The zero-order valence-electron chi connectivity index (χ0n) is 16.5. The fourth-order valence-corrected chi connectivity index (χ4v) is 3.67. The van der Waals surface area contributed by atoms with Gasteiger partial charge in [-0.05, 0) is 18.9 Å². The predicted octanol–water partition coefficient (Wildman–Crippen LogP) is 5.00. The Hall–Kier alpha value is -2.88. The Kier molecular flexibility index (Phi) is 6.30. The second-order valence-electron chi connectivity index (χ2n) is 7.33. The molecule has 146 valence electrons. The molecule has 1 saturated heterocycles. The van der Waals surface area contributed by atoms with Crippen molar-refractivity contribution >= 4 is 17.4 Å². The third-order valence-corrected chi connectivity index (χ3v) is 5.23. The molecule has 0 saturated carbocycles. The topological polar surface area (TPSA) is 57.6 Å². The molecule has 0 spiro atoms. The highest BCUT2D eigenvalue weighted by molar-refractivity contribution is 6.46. The highest BCUT2D eigenvalue weighted by atomic mass is 16.3. The minimum absolute atomic E-state index is 0.108. The van der Waals surface area contributed by atoms with Crippen LogP contribution in [0.15, 0.2) is 60.2 Å². The summed E-state index contributed by atoms with van der Waals surface area (Å²) in [6, 6.07) is 16.2. The van der Waals surface area contributed by atoms with Crippen LogP contribution in [-0.2, 0) is 9.59 Å². The summed E-state index contributed by atoms with van der Waals surface area (Å²) in [6.07, 6.45) is 4.06. The standard InChI is InChI=1S/C24H27NO3/c1-3-4-5-9-16-25-21(18-10-7-6-8-11-18)20(23(27)24(25)28)22(26)19-14-12-17(2)13-15-19/h6-8,10-15,21,26H,3-5,9,16H2,1-2H3/b22-20+/t21-/m0/s1. The van der Waals surface area contributed by atoms with E-state index in [4.69, 9.17) is 0 Å². The van der Waals surface area contributed by atoms with Gasteiger partial charge in [-0.2, -0.15) is 0 Å². The number of nitrogens with zero attached hydrogens (tertiary/aromatic N) is 1. The van der Waals surface area contributed by atoms with Crippen LogP contribution in [0.4, 0.5) is 0 Å². The maximum Gasteiger partial charge on any atom is 0.295 e. The minimum atomic E-state index is -0.609. The van der Waals surface area contributed by atoms with E-state index in [0.29, 0.717) is 12.1 Å². The first-order valence-corrected chi connectivity index (χ1v) is 9.95. The van der Waals surface area contributed by atoms with Crippen LogP contribution in [0.1, 0.15) is 55.3 Å². The van der Waals surface area contributed by atoms with Crippen LogP contribution < -0.4 is 0 Å². The average Bonchev–Trinajstić information content (AvgIpc) is 2.97. The lowest BCUT2D eigenvalue weighted by Crippen LogP contribution is -2.30. The summed E-state index contributed by atoms with van der Waals surface area (Å²) in [5.41, 5.74) is 2.63. The predicted molar refractivity (Wildman–Crippen MR) is 111 cm³/mol. The number of carbonyl (C=O) groups excluding carboxylic acids is 2. The van der Waals surface area contributed by atoms with Gasteiger partial charge < -0.3 is 10.0 Å². The van der Waals surface area contributed by atoms with Crippen molar-refractivity contribution in [2.45, 2.75) is 45.6 Å². The maximum absolute atomic E-state index is 12.9. The van der Waals surface area contributed by atoms with Crippen LogP contribution >= 0.6 is 0 Å². The van der Waals surface area contributed by atoms with Gasteiger partial charge in [0.2, 0.25) is 0 Å². The Morgan fingerprint density at radius 3 is 2.29 bits per heavy atom. The van der Waals surface area contributed by atoms with Crippen molar-refractivity contribution < 1.29 is 14.7 Å². The van der Waals surface area contributed by atoms with Gasteiger partial charge in [0.25, 0.3) is 11.7 Å². The monoisotopic (exact) mass is 377 g/mol. The fourth-order valence-electron chi connectivity index (χ4n) is 3.67. The molecule has 3 rings (SSSR count). The molecule has 0 unspecified atom stereocenters. The van der Waals surface area contributed by atoms with E-state index < -0.39 is 17.7 Å². The number of unbranched alkanes of at least 4 members (excludes halogenated alkanes) is 3. The fraction of sp³-hybridized carbons (Fsp3) is 0.333. The molecule has 1 fully saturated rings. The molecule has 28 heavy (non-hydrogen) atoms. The largest absolute Gasteiger partial charge is 0.507 e. The normalized spacial score (nSPS) is 18.6. The number of ketones is 1. The minimum Gasteiger partial charge on any atom is -0.507 e. The molecule has 4 nitrogen and oxygen atoms in total. The summed E-state index contributed by atoms with van der Waals surface area (Å²) < 4.78 is 0. The van der Waals surface area contributed by atoms with Gasteiger partial charge in [-0.15, -0.1) is 0 Å². The smallest absolute Gasteiger partial charge is 0.295 e. The van der Waals surface area contributed by atoms with Gasteiger partial charge in [0.1, 0.15) is 5.76 Å². The van der Waals surface area contributed by atoms with Gasteiger partial charge in [-0.1, -0.05) is 86.3 Å². The number of hydrogen-bond acceptors (Lipinski definition) is 3. The summed E-state index contributed by atoms with van der Waals surface area (Å²) in [5, 5.41) is 10.9. The summed E-state index contributed by atoms with van der Waals surface area (Å²) in [7, 11) is 0. The maximum atomic E-state index is 12.9. The first kappa shape index (κ1) is 19.9. The number of carbonyl (C=O) groups is 2. The molecule has 1 amide bonds. The molecule has 1 aliphatic heterocycles. The third kappa shape index (κ3) is 4.01. The molecule has 2 aromatic carbocycles. The lowest BCUT2D eigenvalue weighted by atomic mass is 9.95. The Morgan fingerprint density at radius 2 is 1.64 bits per heavy atom. The number of benzene rings is 2. The van der Waals surface area contributed by atoms with Gasteiger partial charge in [-0.25, -0.2) is 0 Å². The molecule has 0 aliphatic carbocycles. The zero-order chi connectivity index (χ0) is 20.1. The number of amides is 1. The summed E-state index contributed by atoms with van der Waals surface area (Å²) in [4.78, 5) is 27.3. The van der Waals surface area contributed by atoms with Gasteiger partial charge in [0, 0.05) is 12.1 Å². The lowest BCUT2D eigenvalue weighted by molar-refractivity contribution is -0.139. The Labute approximate surface area is 166 Å². The number of rotatable bonds is 7. The molecular formula is C24H27NO3. The first-order valence-electron chi connectivity index (χ1n) is 9.95. The van der Waals surface area contributed by atoms with Crippen molar-refractivity contribution in [1.29, 1.82) is 0 Å². The molecule has 1 heterocycles. The van der Waals surface area contributed by atoms with E-state index in [0.717, 1.165) is 36.8 Å². The summed E-state index contributed by atoms with van der Waals surface area (Å²) >= 11 is 0. The number of aliphatic hydroxyl groups excluding tert-OH is 1. The van der Waals surface area contributed by atoms with Crippen molar-refractivity contribution in [2.75, 3.05) is 6.54 Å². The molecule has 0 radical (unpaired) electrons. The van der Waals surface area contributed by atoms with Crippen LogP contribution in [0.2, 0.25) is 0 Å². The second kappa shape index (κ2) is 8.87. The SMILES string of the molecule is CCCCCCN1C(=O)C(=O)/C(=C(/O)c2ccc(C)cc2)[C@@H]1c1ccccc1. The quantitative estimate of drug-likeness (QED) is 0.320. The Bertz CT molecular complexity index is 868. The van der Waals surface area contributed by atoms with Crippen molar-refractivity contribution in [2.24, 2.45) is 0 Å². The average molecular weight is 377 g/mol. The first-order chi connectivity index (χ1) is 13.5. The number of Topliss-reactive ketones (excluding diaryl/α,β-unsaturated/α-hetero) is 1. The van der Waals surface area contributed by atoms with Crippen LogP contribution in [0, 0.1) is 6.92 Å². The summed E-state index contributed by atoms with van der Waals surface area (Å²) in [5.74, 6) is -1.25. The van der Waals surface area contributed by atoms with Crippen LogP contribution in [0.3, 0.4) is 0 Å². The Balaban J connectivity index is 2.03. The molecule has 1 aliphatic rings. The molecule has 1 N–H and O–H groups in total. The molecule has 0 aromatic heterocycles. The van der Waals surface area contributed by atoms with E-state index in [9.17, 15) is 14.7 Å². The van der Waals surface area contributed by atoms with Crippen molar-refractivity contribution in [3.8, 4) is 0 Å². The zero-order valence-corrected chi connectivity index (χ0v) is 16.5. The highest BCUT2D eigenvalue weighted by Gasteiger charge is 2.45. The molecule has 4 heteroatoms. The molecule has 2 aromatic rings. The van der Waals surface area contributed by atoms with Crippen LogP contribution in [0.5, 0.6) is 0 Å². The lowest BCUT2D eigenvalue weighted by Gasteiger charge is -2.25. The number of likely N-dealkylation sites (tertiary alicyclic amines) is 1. The molecule has 0 bridgehead atoms. The van der Waals surface area contributed by atoms with Gasteiger partial charge >= 0.3 is 0 Å². The van der Waals surface area contributed by atoms with E-state index in [1.165, 1.54) is 0 Å². The summed E-state index contributed by atoms with van der Waals surface area (Å²) in [6.45, 7) is 4.61. The van der Waals surface area contributed by atoms with E-state index in [1.807, 2.05) is 49.4 Å². The van der Waals surface area contributed by atoms with Crippen molar-refractivity contribution in [3.05, 3.63) is 76.9 Å². The highest BCUT2D eigenvalue weighted by Crippen LogP contribution is 2.39. The van der Waals surface area contributed by atoms with E-state index >= 15 is 0 Å². The number of aliphatic hydroxyl groups is 1. The second-order valence-corrected chi connectivity index (χ2v) is 7.33. The van der Waals surface area contributed by atoms with Crippen molar-refractivity contribution in [3.63, 3.8) is 0 Å². The van der Waals surface area contributed by atoms with Gasteiger partial charge in [-0.3, -0.25) is 9.59 Å². The van der Waals surface area contributed by atoms with Crippen LogP contribution in [0.25, 0.3) is 5.76 Å². The van der Waals surface area contributed by atoms with E-state index in [1.54, 1.807) is 17.0 Å². The molecular weight excluding hydrogens is 350 g/mol. The van der Waals surface area contributed by atoms with E-state index in [-0.39, 0.29) is 11.3 Å². The number of aryl methyl sites for hydroxylation is 1. The van der Waals surface area contributed by atoms with Crippen molar-refractivity contribution in [1.82, 2.24) is 4.90 Å². The van der Waals surface area contributed by atoms with Gasteiger partial charge in [0.05, 0.1) is 11.6 Å². The third-order valence-electron chi connectivity index (χ3n) is 5.23.